The number of fused-ring (bicyclic) bond motifs is 1. The lowest BCUT2D eigenvalue weighted by Crippen LogP contribution is -2.13. The van der Waals surface area contributed by atoms with Crippen LogP contribution in [0.1, 0.15) is 30.4 Å². The van der Waals surface area contributed by atoms with E-state index in [0.29, 0.717) is 11.0 Å². The Balaban J connectivity index is 1.77. The standard InChI is InChI=1S/C16H17N7S/c1-2-13-21-22-16(23(13)17)24-15-10-6-5-8-11(10)19-14(20-15)12-7-3-4-9-18-12/h3-4,7,9H,2,5-6,8,17H2,1H3. The molecule has 3 aromatic rings. The van der Waals surface area contributed by atoms with E-state index in [9.17, 15) is 0 Å². The molecule has 0 unspecified atom stereocenters. The van der Waals surface area contributed by atoms with Crippen molar-refractivity contribution in [3.63, 3.8) is 0 Å². The third-order valence-electron chi connectivity index (χ3n) is 4.03. The number of aryl methyl sites for hydroxylation is 2. The van der Waals surface area contributed by atoms with Crippen molar-refractivity contribution in [3.05, 3.63) is 41.5 Å². The maximum Gasteiger partial charge on any atom is 0.216 e. The number of rotatable bonds is 4. The molecule has 1 aliphatic carbocycles. The molecule has 1 aliphatic rings. The molecule has 0 bridgehead atoms. The van der Waals surface area contributed by atoms with Crippen molar-refractivity contribution in [3.8, 4) is 11.5 Å². The van der Waals surface area contributed by atoms with Crippen LogP contribution in [0.15, 0.2) is 34.6 Å². The number of nitrogen functional groups attached to an aromatic ring is 1. The second-order valence-electron chi connectivity index (χ2n) is 5.57. The number of aromatic nitrogens is 6. The molecule has 0 atom stereocenters. The molecule has 8 heteroatoms. The highest BCUT2D eigenvalue weighted by Crippen LogP contribution is 2.34. The number of nitrogens with two attached hydrogens (primary N) is 1. The van der Waals surface area contributed by atoms with Crippen LogP contribution in [0.5, 0.6) is 0 Å². The molecule has 0 spiro atoms. The van der Waals surface area contributed by atoms with Crippen molar-refractivity contribution in [2.45, 2.75) is 42.8 Å². The topological polar surface area (TPSA) is 95.4 Å². The summed E-state index contributed by atoms with van der Waals surface area (Å²) in [4.78, 5) is 13.8. The van der Waals surface area contributed by atoms with Gasteiger partial charge >= 0.3 is 0 Å². The van der Waals surface area contributed by atoms with Crippen molar-refractivity contribution < 1.29 is 0 Å². The molecule has 2 N–H and O–H groups in total. The summed E-state index contributed by atoms with van der Waals surface area (Å²) in [7, 11) is 0. The Kier molecular flexibility index (Phi) is 3.89. The van der Waals surface area contributed by atoms with Gasteiger partial charge in [0.15, 0.2) is 11.6 Å². The zero-order valence-corrected chi connectivity index (χ0v) is 14.1. The monoisotopic (exact) mass is 339 g/mol. The molecule has 0 aromatic carbocycles. The van der Waals surface area contributed by atoms with Gasteiger partial charge in [-0.25, -0.2) is 14.6 Å². The third kappa shape index (κ3) is 2.62. The van der Waals surface area contributed by atoms with E-state index in [1.54, 1.807) is 6.20 Å². The van der Waals surface area contributed by atoms with E-state index >= 15 is 0 Å². The van der Waals surface area contributed by atoms with Gasteiger partial charge in [-0.15, -0.1) is 10.2 Å². The molecule has 3 heterocycles. The summed E-state index contributed by atoms with van der Waals surface area (Å²) < 4.78 is 1.54. The van der Waals surface area contributed by atoms with Crippen molar-refractivity contribution in [1.29, 1.82) is 0 Å². The minimum absolute atomic E-state index is 0.645. The summed E-state index contributed by atoms with van der Waals surface area (Å²) in [5.41, 5.74) is 3.07. The molecule has 0 aliphatic heterocycles. The Morgan fingerprint density at radius 2 is 2.12 bits per heavy atom. The molecule has 0 radical (unpaired) electrons. The van der Waals surface area contributed by atoms with E-state index in [1.165, 1.54) is 22.0 Å². The van der Waals surface area contributed by atoms with E-state index in [1.807, 2.05) is 25.1 Å². The van der Waals surface area contributed by atoms with E-state index in [-0.39, 0.29) is 0 Å². The van der Waals surface area contributed by atoms with Crippen LogP contribution < -0.4 is 5.84 Å². The Labute approximate surface area is 143 Å². The molecule has 3 aromatic heterocycles. The average Bonchev–Trinajstić information content (AvgIpc) is 3.23. The third-order valence-corrected chi connectivity index (χ3v) is 5.02. The van der Waals surface area contributed by atoms with Crippen LogP contribution in [-0.2, 0) is 19.3 Å². The van der Waals surface area contributed by atoms with Gasteiger partial charge in [-0.2, -0.15) is 0 Å². The van der Waals surface area contributed by atoms with Crippen molar-refractivity contribution >= 4 is 11.8 Å². The lowest BCUT2D eigenvalue weighted by molar-refractivity contribution is 0.793. The Bertz CT molecular complexity index is 876. The summed E-state index contributed by atoms with van der Waals surface area (Å²) in [6, 6.07) is 5.75. The summed E-state index contributed by atoms with van der Waals surface area (Å²) in [5, 5.41) is 9.85. The fraction of sp³-hybridized carbons (Fsp3) is 0.312. The summed E-state index contributed by atoms with van der Waals surface area (Å²) in [5.74, 6) is 7.48. The van der Waals surface area contributed by atoms with Gasteiger partial charge in [-0.1, -0.05) is 13.0 Å². The first-order valence-corrected chi connectivity index (χ1v) is 8.76. The number of nitrogens with zero attached hydrogens (tertiary/aromatic N) is 6. The molecule has 0 fully saturated rings. The van der Waals surface area contributed by atoms with Gasteiger partial charge in [0.05, 0.1) is 0 Å². The van der Waals surface area contributed by atoms with Crippen molar-refractivity contribution in [2.24, 2.45) is 0 Å². The molecular weight excluding hydrogens is 322 g/mol. The quantitative estimate of drug-likeness (QED) is 0.574. The van der Waals surface area contributed by atoms with E-state index in [4.69, 9.17) is 15.8 Å². The van der Waals surface area contributed by atoms with Gasteiger partial charge in [0.25, 0.3) is 0 Å². The fourth-order valence-corrected chi connectivity index (χ4v) is 3.73. The lowest BCUT2D eigenvalue weighted by Gasteiger charge is -2.09. The highest BCUT2D eigenvalue weighted by atomic mass is 32.2. The Morgan fingerprint density at radius 1 is 1.21 bits per heavy atom. The zero-order chi connectivity index (χ0) is 16.5. The van der Waals surface area contributed by atoms with Crippen LogP contribution in [0, 0.1) is 0 Å². The minimum atomic E-state index is 0.645. The number of pyridine rings is 1. The molecule has 0 saturated carbocycles. The zero-order valence-electron chi connectivity index (χ0n) is 13.3. The molecular formula is C16H17N7S. The first kappa shape index (κ1) is 15.1. The van der Waals surface area contributed by atoms with Crippen LogP contribution in [0.4, 0.5) is 0 Å². The minimum Gasteiger partial charge on any atom is -0.336 e. The predicted octanol–water partition coefficient (Wildman–Crippen LogP) is 2.05. The fourth-order valence-electron chi connectivity index (χ4n) is 2.80. The largest absolute Gasteiger partial charge is 0.336 e. The van der Waals surface area contributed by atoms with E-state index < -0.39 is 0 Å². The summed E-state index contributed by atoms with van der Waals surface area (Å²) >= 11 is 1.45. The van der Waals surface area contributed by atoms with E-state index in [2.05, 4.69) is 15.2 Å². The molecule has 122 valence electrons. The maximum atomic E-state index is 6.07. The first-order chi connectivity index (χ1) is 11.8. The molecule has 4 rings (SSSR count). The van der Waals surface area contributed by atoms with Crippen LogP contribution in [0.2, 0.25) is 0 Å². The van der Waals surface area contributed by atoms with Gasteiger partial charge in [0.1, 0.15) is 10.7 Å². The lowest BCUT2D eigenvalue weighted by atomic mass is 10.2. The van der Waals surface area contributed by atoms with Gasteiger partial charge in [-0.3, -0.25) is 4.98 Å². The van der Waals surface area contributed by atoms with Gasteiger partial charge in [0, 0.05) is 23.9 Å². The van der Waals surface area contributed by atoms with Crippen LogP contribution in [0.3, 0.4) is 0 Å². The number of hydrogen-bond acceptors (Lipinski definition) is 7. The molecule has 0 saturated heterocycles. The van der Waals surface area contributed by atoms with Gasteiger partial charge < -0.3 is 5.84 Å². The van der Waals surface area contributed by atoms with Crippen LogP contribution in [0.25, 0.3) is 11.5 Å². The number of hydrogen-bond donors (Lipinski definition) is 1. The molecule has 7 nitrogen and oxygen atoms in total. The van der Waals surface area contributed by atoms with Crippen LogP contribution in [-0.4, -0.2) is 29.8 Å². The van der Waals surface area contributed by atoms with E-state index in [0.717, 1.165) is 47.9 Å². The second-order valence-corrected chi connectivity index (χ2v) is 6.53. The predicted molar refractivity (Wildman–Crippen MR) is 91.0 cm³/mol. The summed E-state index contributed by atoms with van der Waals surface area (Å²) in [6.45, 7) is 2.00. The highest BCUT2D eigenvalue weighted by molar-refractivity contribution is 7.99. The van der Waals surface area contributed by atoms with Crippen molar-refractivity contribution in [2.75, 3.05) is 5.84 Å². The SMILES string of the molecule is CCc1nnc(Sc2nc(-c3ccccn3)nc3c2CCC3)n1N. The van der Waals surface area contributed by atoms with Crippen LogP contribution >= 0.6 is 11.8 Å². The van der Waals surface area contributed by atoms with Gasteiger partial charge in [0.2, 0.25) is 5.16 Å². The van der Waals surface area contributed by atoms with Gasteiger partial charge in [-0.05, 0) is 43.2 Å². The molecule has 0 amide bonds. The van der Waals surface area contributed by atoms with Crippen molar-refractivity contribution in [1.82, 2.24) is 29.8 Å². The Morgan fingerprint density at radius 3 is 2.88 bits per heavy atom. The average molecular weight is 339 g/mol. The highest BCUT2D eigenvalue weighted by Gasteiger charge is 2.22. The second kappa shape index (κ2) is 6.20. The summed E-state index contributed by atoms with van der Waals surface area (Å²) in [6.07, 6.45) is 5.55. The first-order valence-electron chi connectivity index (χ1n) is 7.94. The maximum absolute atomic E-state index is 6.07. The Hall–Kier alpha value is -2.48. The molecule has 24 heavy (non-hydrogen) atoms. The smallest absolute Gasteiger partial charge is 0.216 e. The normalized spacial score (nSPS) is 13.2.